The van der Waals surface area contributed by atoms with Gasteiger partial charge in [-0.1, -0.05) is 66.2 Å². The van der Waals surface area contributed by atoms with Gasteiger partial charge in [-0.25, -0.2) is 0 Å². The number of hydrogen-bond donors (Lipinski definition) is 2. The molecule has 0 atom stereocenters. The first-order valence-electron chi connectivity index (χ1n) is 16.1. The fraction of sp³-hybridized carbons (Fsp3) is 0.486. The van der Waals surface area contributed by atoms with Crippen LogP contribution >= 0.6 is 0 Å². The Balaban J connectivity index is 0.00000104. The normalized spacial score (nSPS) is 13.3. The lowest BCUT2D eigenvalue weighted by Gasteiger charge is -2.34. The lowest BCUT2D eigenvalue weighted by atomic mass is 9.94. The van der Waals surface area contributed by atoms with E-state index in [4.69, 9.17) is 0 Å². The minimum atomic E-state index is -0.220. The second-order valence-electron chi connectivity index (χ2n) is 11.9. The summed E-state index contributed by atoms with van der Waals surface area (Å²) in [4.78, 5) is 38.1. The molecule has 1 fully saturated rings. The summed E-state index contributed by atoms with van der Waals surface area (Å²) in [5.41, 5.74) is 7.84. The van der Waals surface area contributed by atoms with Gasteiger partial charge in [-0.15, -0.1) is 0 Å². The third-order valence-corrected chi connectivity index (χ3v) is 7.25. The maximum Gasteiger partial charge on any atom is 0.253 e. The van der Waals surface area contributed by atoms with Gasteiger partial charge in [0, 0.05) is 74.1 Å². The van der Waals surface area contributed by atoms with Gasteiger partial charge < -0.3 is 20.1 Å². The summed E-state index contributed by atoms with van der Waals surface area (Å²) < 4.78 is 0. The summed E-state index contributed by atoms with van der Waals surface area (Å²) in [6.45, 7) is 20.7. The molecule has 1 aromatic heterocycles. The summed E-state index contributed by atoms with van der Waals surface area (Å²) in [6.07, 6.45) is 3.45. The number of amides is 1. The summed E-state index contributed by atoms with van der Waals surface area (Å²) >= 11 is 0. The van der Waals surface area contributed by atoms with Crippen LogP contribution in [0.4, 0.5) is 5.69 Å². The van der Waals surface area contributed by atoms with E-state index in [1.165, 1.54) is 5.69 Å². The summed E-state index contributed by atoms with van der Waals surface area (Å²) in [7, 11) is 3.86. The Morgan fingerprint density at radius 1 is 1.02 bits per heavy atom. The van der Waals surface area contributed by atoms with Gasteiger partial charge in [0.05, 0.1) is 0 Å². The second-order valence-corrected chi connectivity index (χ2v) is 11.9. The van der Waals surface area contributed by atoms with Crippen LogP contribution in [0, 0.1) is 19.8 Å². The largest absolute Gasteiger partial charge is 0.369 e. The van der Waals surface area contributed by atoms with Gasteiger partial charge in [-0.05, 0) is 79.8 Å². The van der Waals surface area contributed by atoms with Crippen molar-refractivity contribution in [1.82, 2.24) is 15.2 Å². The number of hydrogen-bond acceptors (Lipinski definition) is 5. The Labute approximate surface area is 265 Å². The zero-order valence-electron chi connectivity index (χ0n) is 28.8. The topological polar surface area (TPSA) is 80.8 Å². The number of H-pyrrole nitrogens is 1. The predicted molar refractivity (Wildman–Crippen MR) is 189 cm³/mol. The highest BCUT2D eigenvalue weighted by Crippen LogP contribution is 2.29. The molecule has 0 unspecified atom stereocenters. The van der Waals surface area contributed by atoms with Crippen molar-refractivity contribution in [3.8, 4) is 11.1 Å². The molecule has 4 rings (SSSR count). The van der Waals surface area contributed by atoms with E-state index in [0.29, 0.717) is 11.1 Å². The van der Waals surface area contributed by atoms with Crippen molar-refractivity contribution in [2.45, 2.75) is 74.8 Å². The number of aryl methyl sites for hydroxylation is 3. The number of carbonyl (C=O) groups excluding carboxylic acids is 1. The number of aliphatic imine (C=N–C) groups is 1. The molecule has 7 nitrogen and oxygen atoms in total. The van der Waals surface area contributed by atoms with Crippen LogP contribution in [0.15, 0.2) is 52.3 Å². The Hall–Kier alpha value is -3.71. The lowest BCUT2D eigenvalue weighted by molar-refractivity contribution is 0.0950. The van der Waals surface area contributed by atoms with E-state index >= 15 is 0 Å². The monoisotopic (exact) mass is 601 g/mol. The number of anilines is 1. The predicted octanol–water partition coefficient (Wildman–Crippen LogP) is 7.03. The van der Waals surface area contributed by atoms with Crippen molar-refractivity contribution in [2.75, 3.05) is 45.2 Å². The van der Waals surface area contributed by atoms with E-state index in [1.54, 1.807) is 13.3 Å². The Morgan fingerprint density at radius 3 is 2.30 bits per heavy atom. The zero-order chi connectivity index (χ0) is 32.8. The Morgan fingerprint density at radius 2 is 1.68 bits per heavy atom. The van der Waals surface area contributed by atoms with Crippen molar-refractivity contribution in [3.63, 3.8) is 0 Å². The maximum atomic E-state index is 13.5. The van der Waals surface area contributed by atoms with E-state index < -0.39 is 0 Å². The molecule has 2 N–H and O–H groups in total. The molecule has 0 radical (unpaired) electrons. The quantitative estimate of drug-likeness (QED) is 0.272. The number of likely N-dealkylation sites (N-methyl/N-ethyl adjacent to an activating group) is 1. The van der Waals surface area contributed by atoms with Crippen molar-refractivity contribution >= 4 is 17.8 Å². The molecule has 3 aromatic rings. The molecule has 1 saturated heterocycles. The van der Waals surface area contributed by atoms with E-state index in [1.807, 2.05) is 39.8 Å². The first-order chi connectivity index (χ1) is 21.0. The molecule has 0 aliphatic carbocycles. The molecule has 1 amide bonds. The van der Waals surface area contributed by atoms with E-state index in [9.17, 15) is 9.59 Å². The third-order valence-electron chi connectivity index (χ3n) is 7.25. The van der Waals surface area contributed by atoms with Gasteiger partial charge in [0.1, 0.15) is 0 Å². The fourth-order valence-corrected chi connectivity index (χ4v) is 5.14. The number of nitrogens with zero attached hydrogens (tertiary/aromatic N) is 3. The van der Waals surface area contributed by atoms with Gasteiger partial charge in [0.25, 0.3) is 11.5 Å². The molecule has 1 aliphatic rings. The number of aromatic amines is 1. The SMILES string of the molecule is CC.CC(C)C.CCCc1cc(C)[nH]c(=O)c1CNC(=O)c1cc(-c2cccc(N3CCN(C)CC3)c2)cc(C)c1C=NC. The van der Waals surface area contributed by atoms with Gasteiger partial charge in [-0.3, -0.25) is 14.6 Å². The molecular formula is C37H55N5O2. The van der Waals surface area contributed by atoms with Gasteiger partial charge in [0.15, 0.2) is 0 Å². The van der Waals surface area contributed by atoms with Crippen molar-refractivity contribution in [3.05, 3.63) is 86.3 Å². The second kappa shape index (κ2) is 18.2. The number of pyridine rings is 1. The summed E-state index contributed by atoms with van der Waals surface area (Å²) in [5.74, 6) is 0.613. The van der Waals surface area contributed by atoms with Gasteiger partial charge >= 0.3 is 0 Å². The van der Waals surface area contributed by atoms with Crippen LogP contribution in [0.5, 0.6) is 0 Å². The Bertz CT molecular complexity index is 1430. The molecule has 0 saturated carbocycles. The fourth-order valence-electron chi connectivity index (χ4n) is 5.14. The van der Waals surface area contributed by atoms with Crippen LogP contribution in [0.25, 0.3) is 11.1 Å². The first kappa shape index (κ1) is 36.5. The molecule has 240 valence electrons. The third kappa shape index (κ3) is 10.5. The summed E-state index contributed by atoms with van der Waals surface area (Å²) in [6, 6.07) is 14.6. The number of nitrogens with one attached hydrogen (secondary N) is 2. The number of aromatic nitrogens is 1. The highest BCUT2D eigenvalue weighted by molar-refractivity contribution is 6.04. The van der Waals surface area contributed by atoms with Crippen LogP contribution < -0.4 is 15.8 Å². The number of piperazine rings is 1. The van der Waals surface area contributed by atoms with E-state index in [0.717, 1.165) is 78.4 Å². The van der Waals surface area contributed by atoms with E-state index in [-0.39, 0.29) is 18.0 Å². The van der Waals surface area contributed by atoms with Crippen LogP contribution in [0.2, 0.25) is 0 Å². The van der Waals surface area contributed by atoms with Crippen LogP contribution in [-0.4, -0.2) is 62.3 Å². The highest BCUT2D eigenvalue weighted by Gasteiger charge is 2.18. The number of rotatable bonds is 8. The van der Waals surface area contributed by atoms with Gasteiger partial charge in [0.2, 0.25) is 0 Å². The summed E-state index contributed by atoms with van der Waals surface area (Å²) in [5, 5.41) is 3.01. The number of benzene rings is 2. The molecule has 44 heavy (non-hydrogen) atoms. The standard InChI is InChI=1S/C31H39N5O2.C4H10.C2H6/c1-6-8-24-16-22(3)34-31(38)29(24)20-33-30(37)27-18-25(15-21(2)28(27)19-32-4)23-9-7-10-26(17-23)36-13-11-35(5)12-14-36;1-4(2)3;1-2/h7,9-10,15-19H,6,8,11-14,20H2,1-5H3,(H,33,37)(H,34,38);4H,1-3H3;1-2H3. The molecule has 0 spiro atoms. The average Bonchev–Trinajstić information content (AvgIpc) is 2.99. The van der Waals surface area contributed by atoms with Crippen LogP contribution in [0.1, 0.15) is 86.3 Å². The minimum absolute atomic E-state index is 0.144. The molecule has 2 aromatic carbocycles. The highest BCUT2D eigenvalue weighted by atomic mass is 16.1. The maximum absolute atomic E-state index is 13.5. The lowest BCUT2D eigenvalue weighted by Crippen LogP contribution is -2.44. The number of carbonyl (C=O) groups is 1. The molecule has 1 aliphatic heterocycles. The van der Waals surface area contributed by atoms with Crippen molar-refractivity contribution in [1.29, 1.82) is 0 Å². The first-order valence-corrected chi connectivity index (χ1v) is 16.1. The van der Waals surface area contributed by atoms with Crippen molar-refractivity contribution < 1.29 is 4.79 Å². The average molecular weight is 602 g/mol. The van der Waals surface area contributed by atoms with Crippen LogP contribution in [0.3, 0.4) is 0 Å². The Kier molecular flexibility index (Phi) is 15.1. The van der Waals surface area contributed by atoms with Crippen molar-refractivity contribution in [2.24, 2.45) is 10.9 Å². The smallest absolute Gasteiger partial charge is 0.253 e. The van der Waals surface area contributed by atoms with E-state index in [2.05, 4.69) is 90.2 Å². The molecular weight excluding hydrogens is 546 g/mol. The minimum Gasteiger partial charge on any atom is -0.369 e. The van der Waals surface area contributed by atoms with Gasteiger partial charge in [-0.2, -0.15) is 0 Å². The zero-order valence-corrected chi connectivity index (χ0v) is 28.8. The molecule has 0 bridgehead atoms. The molecule has 7 heteroatoms. The van der Waals surface area contributed by atoms with Crippen LogP contribution in [-0.2, 0) is 13.0 Å². The molecule has 2 heterocycles.